The highest BCUT2D eigenvalue weighted by Crippen LogP contribution is 1.91. The van der Waals surface area contributed by atoms with E-state index in [4.69, 9.17) is 14.9 Å². The molecule has 0 atom stereocenters. The molecule has 0 aromatic rings. The first-order valence-corrected chi connectivity index (χ1v) is 10.6. The molecule has 0 aliphatic carbocycles. The van der Waals surface area contributed by atoms with E-state index in [0.717, 1.165) is 13.2 Å². The molecule has 0 aliphatic rings. The van der Waals surface area contributed by atoms with Gasteiger partial charge in [0.25, 0.3) is 0 Å². The number of rotatable bonds is 7. The molecule has 0 unspecified atom stereocenters. The Labute approximate surface area is 225 Å². The second-order valence-corrected chi connectivity index (χ2v) is 2.77. The van der Waals surface area contributed by atoms with Crippen LogP contribution in [0.1, 0.15) is 39.5 Å². The number of hydrogen-bond donors (Lipinski definition) is 2. The van der Waals surface area contributed by atoms with E-state index in [1.807, 2.05) is 0 Å². The zero-order valence-electron chi connectivity index (χ0n) is 24.5. The summed E-state index contributed by atoms with van der Waals surface area (Å²) in [5.41, 5.74) is 0. The summed E-state index contributed by atoms with van der Waals surface area (Å²) in [5.74, 6) is 0. The quantitative estimate of drug-likeness (QED) is 0.270. The van der Waals surface area contributed by atoms with Gasteiger partial charge in [0, 0.05) is 13.2 Å². The summed E-state index contributed by atoms with van der Waals surface area (Å²) in [7, 11) is 0. The first-order valence-electron chi connectivity index (χ1n) is 10.6. The van der Waals surface area contributed by atoms with Crippen LogP contribution in [0.25, 0.3) is 0 Å². The molecule has 0 saturated carbocycles. The van der Waals surface area contributed by atoms with E-state index in [9.17, 15) is 0 Å². The van der Waals surface area contributed by atoms with Gasteiger partial charge in [-0.15, -0.1) is 145 Å². The number of ether oxygens (including phenoxy) is 1. The Morgan fingerprint density at radius 2 is 0.514 bits per heavy atom. The molecule has 0 aliphatic heterocycles. The number of hydrogen-bond acceptors (Lipinski definition) is 3. The van der Waals surface area contributed by atoms with Crippen LogP contribution in [0.3, 0.4) is 0 Å². The van der Waals surface area contributed by atoms with Gasteiger partial charge in [0.2, 0.25) is 0 Å². The Morgan fingerprint density at radius 1 is 0.371 bits per heavy atom. The van der Waals surface area contributed by atoms with Crippen molar-refractivity contribution < 1.29 is 14.9 Å². The summed E-state index contributed by atoms with van der Waals surface area (Å²) >= 11 is 0. The standard InChI is InChI=1S/C8H18O.C2H6O2.11C2H4/c1-3-5-7-9-8-6-4-2;3-1-2-4;11*1-2/h3-8H2,1-2H3;3-4H,1-2H2;11*1-2H2. The summed E-state index contributed by atoms with van der Waals surface area (Å²) in [6.45, 7) is 72.0. The van der Waals surface area contributed by atoms with Crippen LogP contribution in [0.15, 0.2) is 145 Å². The van der Waals surface area contributed by atoms with Crippen molar-refractivity contribution in [3.05, 3.63) is 145 Å². The van der Waals surface area contributed by atoms with Crippen LogP contribution in [0.2, 0.25) is 0 Å². The maximum Gasteiger partial charge on any atom is 0.0662 e. The lowest BCUT2D eigenvalue weighted by atomic mass is 10.3. The van der Waals surface area contributed by atoms with Crippen LogP contribution in [-0.2, 0) is 4.74 Å². The van der Waals surface area contributed by atoms with E-state index in [-0.39, 0.29) is 13.2 Å². The number of aliphatic hydroxyl groups excluding tert-OH is 2. The van der Waals surface area contributed by atoms with Crippen molar-refractivity contribution in [2.75, 3.05) is 26.4 Å². The van der Waals surface area contributed by atoms with Crippen LogP contribution in [0, 0.1) is 0 Å². The molecule has 35 heavy (non-hydrogen) atoms. The molecule has 0 radical (unpaired) electrons. The smallest absolute Gasteiger partial charge is 0.0662 e. The van der Waals surface area contributed by atoms with E-state index >= 15 is 0 Å². The third-order valence-corrected chi connectivity index (χ3v) is 1.38. The fourth-order valence-corrected chi connectivity index (χ4v) is 0.595. The minimum absolute atomic E-state index is 0.125. The Morgan fingerprint density at radius 3 is 0.600 bits per heavy atom. The largest absolute Gasteiger partial charge is 0.394 e. The van der Waals surface area contributed by atoms with Crippen molar-refractivity contribution in [2.24, 2.45) is 0 Å². The normalized spacial score (nSPS) is 4.69. The van der Waals surface area contributed by atoms with Crippen LogP contribution < -0.4 is 0 Å². The predicted octanol–water partition coefficient (Wildman–Crippen LogP) is 10.4. The van der Waals surface area contributed by atoms with Crippen LogP contribution in [-0.4, -0.2) is 36.6 Å². The van der Waals surface area contributed by atoms with E-state index in [1.165, 1.54) is 25.7 Å². The lowest BCUT2D eigenvalue weighted by Gasteiger charge is -1.99. The van der Waals surface area contributed by atoms with Crippen LogP contribution in [0.5, 0.6) is 0 Å². The summed E-state index contributed by atoms with van der Waals surface area (Å²) in [5, 5.41) is 15.2. The maximum absolute atomic E-state index is 7.62. The zero-order chi connectivity index (χ0) is 32.4. The summed E-state index contributed by atoms with van der Waals surface area (Å²) in [4.78, 5) is 0. The molecule has 0 spiro atoms. The second-order valence-electron chi connectivity index (χ2n) is 2.77. The molecule has 0 aromatic heterocycles. The summed E-state index contributed by atoms with van der Waals surface area (Å²) in [6, 6.07) is 0. The highest BCUT2D eigenvalue weighted by atomic mass is 16.5. The van der Waals surface area contributed by atoms with Crippen LogP contribution in [0.4, 0.5) is 0 Å². The average Bonchev–Trinajstić information content (AvgIpc) is 3.04. The molecule has 214 valence electrons. The summed E-state index contributed by atoms with van der Waals surface area (Å²) in [6.07, 6.45) is 4.91. The Hall–Kier alpha value is -2.98. The Kier molecular flexibility index (Phi) is 1880. The minimum atomic E-state index is -0.125. The van der Waals surface area contributed by atoms with Crippen molar-refractivity contribution in [3.8, 4) is 0 Å². The molecule has 0 rings (SSSR count). The SMILES string of the molecule is C=C.C=C.C=C.C=C.C=C.C=C.C=C.C=C.C=C.C=C.C=C.CCCCOCCCC.OCCO. The molecule has 0 bridgehead atoms. The van der Waals surface area contributed by atoms with E-state index in [1.54, 1.807) is 0 Å². The fourth-order valence-electron chi connectivity index (χ4n) is 0.595. The van der Waals surface area contributed by atoms with Gasteiger partial charge in [-0.1, -0.05) is 26.7 Å². The minimum Gasteiger partial charge on any atom is -0.394 e. The van der Waals surface area contributed by atoms with E-state index < -0.39 is 0 Å². The lowest BCUT2D eigenvalue weighted by molar-refractivity contribution is 0.128. The molecule has 0 aromatic carbocycles. The monoisotopic (exact) mass is 501 g/mol. The van der Waals surface area contributed by atoms with Gasteiger partial charge < -0.3 is 14.9 Å². The van der Waals surface area contributed by atoms with Gasteiger partial charge in [0.05, 0.1) is 13.2 Å². The molecule has 0 heterocycles. The lowest BCUT2D eigenvalue weighted by Crippen LogP contribution is -1.95. The van der Waals surface area contributed by atoms with Gasteiger partial charge in [0.15, 0.2) is 0 Å². The third kappa shape index (κ3) is 1620. The molecule has 2 N–H and O–H groups in total. The van der Waals surface area contributed by atoms with Gasteiger partial charge in [-0.05, 0) is 12.8 Å². The van der Waals surface area contributed by atoms with Gasteiger partial charge >= 0.3 is 0 Å². The molecular weight excluding hydrogens is 432 g/mol. The number of aliphatic hydroxyl groups is 2. The molecule has 0 amide bonds. The van der Waals surface area contributed by atoms with Gasteiger partial charge in [-0.3, -0.25) is 0 Å². The zero-order valence-corrected chi connectivity index (χ0v) is 24.5. The van der Waals surface area contributed by atoms with Crippen molar-refractivity contribution in [2.45, 2.75) is 39.5 Å². The fraction of sp³-hybridized carbons (Fsp3) is 0.312. The average molecular weight is 501 g/mol. The predicted molar refractivity (Wildman–Crippen MR) is 179 cm³/mol. The Balaban J connectivity index is -0.0000000148. The molecular formula is C32H68O3. The van der Waals surface area contributed by atoms with E-state index in [2.05, 4.69) is 159 Å². The van der Waals surface area contributed by atoms with Gasteiger partial charge in [-0.2, -0.15) is 0 Å². The van der Waals surface area contributed by atoms with E-state index in [0.29, 0.717) is 0 Å². The van der Waals surface area contributed by atoms with Gasteiger partial charge in [0.1, 0.15) is 0 Å². The molecule has 0 saturated heterocycles. The highest BCUT2D eigenvalue weighted by Gasteiger charge is 1.84. The van der Waals surface area contributed by atoms with Crippen molar-refractivity contribution in [1.82, 2.24) is 0 Å². The molecule has 3 heteroatoms. The first kappa shape index (κ1) is 85.2. The van der Waals surface area contributed by atoms with Crippen molar-refractivity contribution in [1.29, 1.82) is 0 Å². The second kappa shape index (κ2) is 771. The van der Waals surface area contributed by atoms with Crippen molar-refractivity contribution >= 4 is 0 Å². The topological polar surface area (TPSA) is 49.7 Å². The van der Waals surface area contributed by atoms with Crippen LogP contribution >= 0.6 is 0 Å². The number of unbranched alkanes of at least 4 members (excludes halogenated alkanes) is 2. The Bertz CT molecular complexity index is 142. The maximum atomic E-state index is 7.62. The first-order chi connectivity index (χ1) is 17.3. The van der Waals surface area contributed by atoms with Gasteiger partial charge in [-0.25, -0.2) is 0 Å². The summed E-state index contributed by atoms with van der Waals surface area (Å²) < 4.78 is 5.31. The molecule has 3 nitrogen and oxygen atoms in total. The highest BCUT2D eigenvalue weighted by molar-refractivity contribution is 4.34. The molecule has 0 fully saturated rings. The third-order valence-electron chi connectivity index (χ3n) is 1.38. The van der Waals surface area contributed by atoms with Crippen molar-refractivity contribution in [3.63, 3.8) is 0 Å².